The van der Waals surface area contributed by atoms with Gasteiger partial charge in [0.15, 0.2) is 0 Å². The minimum atomic E-state index is -5.04. The summed E-state index contributed by atoms with van der Waals surface area (Å²) >= 11 is 0. The number of carbonyl (C=O) groups is 1. The van der Waals surface area contributed by atoms with Crippen LogP contribution in [0.15, 0.2) is 82.5 Å². The number of aliphatic hydroxyl groups is 1. The Bertz CT molecular complexity index is 1560. The number of amides is 1. The van der Waals surface area contributed by atoms with Gasteiger partial charge < -0.3 is 19.6 Å². The van der Waals surface area contributed by atoms with E-state index in [0.29, 0.717) is 0 Å². The summed E-state index contributed by atoms with van der Waals surface area (Å²) in [6, 6.07) is 19.9. The first kappa shape index (κ1) is 33.1. The van der Waals surface area contributed by atoms with Crippen molar-refractivity contribution < 1.29 is 32.2 Å². The Balaban J connectivity index is 1.58. The van der Waals surface area contributed by atoms with Gasteiger partial charge in [-0.05, 0) is 27.9 Å². The zero-order valence-electron chi connectivity index (χ0n) is 24.9. The summed E-state index contributed by atoms with van der Waals surface area (Å²) in [4.78, 5) is 38.6. The molecule has 2 aromatic carbocycles. The fourth-order valence-electron chi connectivity index (χ4n) is 5.49. The van der Waals surface area contributed by atoms with Crippen molar-refractivity contribution in [1.29, 1.82) is 0 Å². The predicted molar refractivity (Wildman–Crippen MR) is 162 cm³/mol. The third-order valence-corrected chi connectivity index (χ3v) is 12.7. The van der Waals surface area contributed by atoms with Gasteiger partial charge in [-0.3, -0.25) is 19.1 Å². The summed E-state index contributed by atoms with van der Waals surface area (Å²) in [6.07, 6.45) is -5.27. The number of hydrogen-bond acceptors (Lipinski definition) is 6. The first-order valence-electron chi connectivity index (χ1n) is 14.1. The van der Waals surface area contributed by atoms with Crippen LogP contribution in [-0.4, -0.2) is 60.4 Å². The number of nitrogens with zero attached hydrogens (tertiary/aromatic N) is 1. The van der Waals surface area contributed by atoms with Gasteiger partial charge in [-0.2, -0.15) is 13.2 Å². The normalized spacial score (nSPS) is 19.6. The number of carbonyl (C=O) groups excluding carboxylic acids is 1. The predicted octanol–water partition coefficient (Wildman–Crippen LogP) is 2.84. The van der Waals surface area contributed by atoms with Gasteiger partial charge in [-0.15, -0.1) is 0 Å². The van der Waals surface area contributed by atoms with Gasteiger partial charge >= 0.3 is 17.8 Å². The molecule has 0 bridgehead atoms. The van der Waals surface area contributed by atoms with Crippen molar-refractivity contribution in [1.82, 2.24) is 14.9 Å². The number of rotatable bonds is 9. The summed E-state index contributed by atoms with van der Waals surface area (Å²) in [5.41, 5.74) is -1.31. The third kappa shape index (κ3) is 6.96. The molecule has 0 spiro atoms. The first-order valence-corrected chi connectivity index (χ1v) is 16.0. The monoisotopic (exact) mass is 631 g/mol. The molecule has 1 amide bonds. The maximum atomic E-state index is 12.8. The lowest BCUT2D eigenvalue weighted by atomic mass is 10.1. The molecule has 236 valence electrons. The molecule has 0 radical (unpaired) electrons. The zero-order chi connectivity index (χ0) is 32.3. The molecule has 1 fully saturated rings. The number of H-pyrrole nitrogens is 1. The fraction of sp³-hybridized carbons (Fsp3) is 0.387. The minimum Gasteiger partial charge on any atom is -0.405 e. The quantitative estimate of drug-likeness (QED) is 0.313. The molecule has 4 rings (SSSR count). The van der Waals surface area contributed by atoms with Gasteiger partial charge in [0.2, 0.25) is 0 Å². The SMILES string of the molecule is C/C(=C\CNC(=O)C(F)(F)F)c1cn([C@H]2CC(O)[C@@H](CO[Si](c3ccccc3)(c3ccccc3)C(C)(C)C)O2)c(=O)[nH]c1=O. The molecule has 13 heteroatoms. The number of allylic oxidation sites excluding steroid dienone is 1. The number of halogens is 3. The highest BCUT2D eigenvalue weighted by molar-refractivity contribution is 6.99. The number of nitrogens with one attached hydrogen (secondary N) is 2. The van der Waals surface area contributed by atoms with Crippen LogP contribution >= 0.6 is 0 Å². The van der Waals surface area contributed by atoms with Crippen LogP contribution in [-0.2, 0) is 14.0 Å². The molecule has 1 saturated heterocycles. The number of aliphatic hydroxyl groups excluding tert-OH is 1. The highest BCUT2D eigenvalue weighted by Gasteiger charge is 2.51. The van der Waals surface area contributed by atoms with Crippen molar-refractivity contribution in [3.05, 3.63) is 99.3 Å². The van der Waals surface area contributed by atoms with E-state index in [1.807, 2.05) is 60.7 Å². The molecular weight excluding hydrogens is 595 g/mol. The van der Waals surface area contributed by atoms with Gasteiger partial charge in [0.25, 0.3) is 13.9 Å². The van der Waals surface area contributed by atoms with E-state index in [0.717, 1.165) is 14.9 Å². The van der Waals surface area contributed by atoms with Crippen LogP contribution in [0, 0.1) is 0 Å². The van der Waals surface area contributed by atoms with Gasteiger partial charge in [0.1, 0.15) is 12.3 Å². The van der Waals surface area contributed by atoms with Crippen molar-refractivity contribution in [2.24, 2.45) is 0 Å². The van der Waals surface area contributed by atoms with Crippen molar-refractivity contribution >= 4 is 30.2 Å². The molecule has 3 aromatic rings. The van der Waals surface area contributed by atoms with Gasteiger partial charge in [0.05, 0.1) is 18.3 Å². The van der Waals surface area contributed by atoms with E-state index < -0.39 is 56.6 Å². The Morgan fingerprint density at radius 3 is 2.18 bits per heavy atom. The van der Waals surface area contributed by atoms with Crippen LogP contribution < -0.4 is 26.9 Å². The summed E-state index contributed by atoms with van der Waals surface area (Å²) in [6.45, 7) is 7.39. The smallest absolute Gasteiger partial charge is 0.405 e. The lowest BCUT2D eigenvalue weighted by Gasteiger charge is -2.43. The Morgan fingerprint density at radius 1 is 1.09 bits per heavy atom. The van der Waals surface area contributed by atoms with E-state index in [1.54, 1.807) is 5.32 Å². The zero-order valence-corrected chi connectivity index (χ0v) is 25.9. The van der Waals surface area contributed by atoms with E-state index in [-0.39, 0.29) is 29.2 Å². The molecule has 0 aliphatic carbocycles. The number of benzene rings is 2. The molecule has 2 heterocycles. The number of ether oxygens (including phenoxy) is 1. The van der Waals surface area contributed by atoms with Gasteiger partial charge in [-0.1, -0.05) is 87.5 Å². The summed E-state index contributed by atoms with van der Waals surface area (Å²) < 4.78 is 51.6. The second-order valence-electron chi connectivity index (χ2n) is 11.7. The number of aromatic amines is 1. The second kappa shape index (κ2) is 13.1. The molecule has 1 unspecified atom stereocenters. The molecule has 1 aromatic heterocycles. The van der Waals surface area contributed by atoms with Crippen LogP contribution in [0.2, 0.25) is 5.04 Å². The average Bonchev–Trinajstić information content (AvgIpc) is 3.33. The van der Waals surface area contributed by atoms with Crippen LogP contribution in [0.4, 0.5) is 13.2 Å². The van der Waals surface area contributed by atoms with Crippen LogP contribution in [0.3, 0.4) is 0 Å². The average molecular weight is 632 g/mol. The Kier molecular flexibility index (Phi) is 9.83. The first-order chi connectivity index (χ1) is 20.6. The van der Waals surface area contributed by atoms with Crippen LogP contribution in [0.1, 0.15) is 45.9 Å². The molecule has 1 aliphatic rings. The van der Waals surface area contributed by atoms with E-state index in [2.05, 4.69) is 25.8 Å². The second-order valence-corrected chi connectivity index (χ2v) is 16.0. The topological polar surface area (TPSA) is 123 Å². The van der Waals surface area contributed by atoms with E-state index in [4.69, 9.17) is 9.16 Å². The lowest BCUT2D eigenvalue weighted by molar-refractivity contribution is -0.173. The number of alkyl halides is 3. The Labute approximate surface area is 253 Å². The van der Waals surface area contributed by atoms with Crippen molar-refractivity contribution in [2.45, 2.75) is 63.8 Å². The third-order valence-electron chi connectivity index (χ3n) is 7.72. The lowest BCUT2D eigenvalue weighted by Crippen LogP contribution is -2.67. The van der Waals surface area contributed by atoms with Gasteiger partial charge in [0, 0.05) is 19.2 Å². The highest BCUT2D eigenvalue weighted by Crippen LogP contribution is 2.38. The van der Waals surface area contributed by atoms with E-state index >= 15 is 0 Å². The highest BCUT2D eigenvalue weighted by atomic mass is 28.4. The number of aromatic nitrogens is 2. The fourth-order valence-corrected chi connectivity index (χ4v) is 10.1. The standard InChI is InChI=1S/C31H36F3N3O6Si/c1-20(15-16-35-28(40)31(32,33)34)23-18-37(29(41)36-27(23)39)26-17-24(38)25(43-26)19-42-44(30(2,3)4,21-11-7-5-8-12-21)22-13-9-6-10-14-22/h5-15,18,24-26,38H,16-17,19H2,1-4H3,(H,35,40)(H,36,39,41)/b20-15+/t24?,25-,26-/m1/s1. The molecular formula is C31H36F3N3O6Si. The van der Waals surface area contributed by atoms with Crippen LogP contribution in [0.25, 0.3) is 5.57 Å². The molecule has 3 N–H and O–H groups in total. The summed E-state index contributed by atoms with van der Waals surface area (Å²) in [7, 11) is -2.94. The van der Waals surface area contributed by atoms with Crippen molar-refractivity contribution in [3.63, 3.8) is 0 Å². The molecule has 1 aliphatic heterocycles. The van der Waals surface area contributed by atoms with E-state index in [9.17, 15) is 32.7 Å². The van der Waals surface area contributed by atoms with Crippen LogP contribution in [0.5, 0.6) is 0 Å². The molecule has 44 heavy (non-hydrogen) atoms. The maximum absolute atomic E-state index is 12.8. The number of hydrogen-bond donors (Lipinski definition) is 3. The molecule has 0 saturated carbocycles. The van der Waals surface area contributed by atoms with Crippen molar-refractivity contribution in [3.8, 4) is 0 Å². The molecule has 9 nitrogen and oxygen atoms in total. The Morgan fingerprint density at radius 2 is 1.66 bits per heavy atom. The minimum absolute atomic E-state index is 0.00374. The van der Waals surface area contributed by atoms with Gasteiger partial charge in [-0.25, -0.2) is 4.79 Å². The Hall–Kier alpha value is -3.78. The van der Waals surface area contributed by atoms with Crippen molar-refractivity contribution in [2.75, 3.05) is 13.2 Å². The molecule has 3 atom stereocenters. The maximum Gasteiger partial charge on any atom is 0.471 e. The van der Waals surface area contributed by atoms with E-state index in [1.165, 1.54) is 19.2 Å². The largest absolute Gasteiger partial charge is 0.471 e. The summed E-state index contributed by atoms with van der Waals surface area (Å²) in [5, 5.41) is 14.5. The summed E-state index contributed by atoms with van der Waals surface area (Å²) in [5.74, 6) is -2.11.